The molecule has 0 amide bonds. The summed E-state index contributed by atoms with van der Waals surface area (Å²) in [6, 6.07) is 0. The van der Waals surface area contributed by atoms with Crippen molar-refractivity contribution < 1.29 is 0 Å². The van der Waals surface area contributed by atoms with E-state index < -0.39 is 0 Å². The van der Waals surface area contributed by atoms with Crippen LogP contribution in [0.2, 0.25) is 0 Å². The highest BCUT2D eigenvalue weighted by Gasteiger charge is 2.27. The standard InChI is InChI=1S/C10H15BrN2S/c1-13(6-8-4-9(11)5-8)7-10-12-2-3-14-10/h2-3,8-9H,4-7H2,1H3. The molecule has 1 aromatic heterocycles. The molecule has 0 atom stereocenters. The van der Waals surface area contributed by atoms with Crippen molar-refractivity contribution in [2.75, 3.05) is 13.6 Å². The van der Waals surface area contributed by atoms with Gasteiger partial charge in [0.25, 0.3) is 0 Å². The molecule has 1 heterocycles. The third kappa shape index (κ3) is 2.78. The van der Waals surface area contributed by atoms with Crippen molar-refractivity contribution in [2.45, 2.75) is 24.2 Å². The van der Waals surface area contributed by atoms with Gasteiger partial charge in [-0.15, -0.1) is 11.3 Å². The zero-order valence-corrected chi connectivity index (χ0v) is 10.7. The van der Waals surface area contributed by atoms with Crippen molar-refractivity contribution in [3.63, 3.8) is 0 Å². The Morgan fingerprint density at radius 3 is 3.00 bits per heavy atom. The molecule has 2 rings (SSSR count). The number of hydrogen-bond donors (Lipinski definition) is 0. The molecule has 4 heteroatoms. The van der Waals surface area contributed by atoms with Gasteiger partial charge in [0.1, 0.15) is 5.01 Å². The van der Waals surface area contributed by atoms with E-state index in [9.17, 15) is 0 Å². The number of hydrogen-bond acceptors (Lipinski definition) is 3. The van der Waals surface area contributed by atoms with Crippen molar-refractivity contribution >= 4 is 27.3 Å². The molecule has 1 aliphatic rings. The van der Waals surface area contributed by atoms with Crippen molar-refractivity contribution in [3.8, 4) is 0 Å². The fourth-order valence-electron chi connectivity index (χ4n) is 1.87. The fraction of sp³-hybridized carbons (Fsp3) is 0.700. The summed E-state index contributed by atoms with van der Waals surface area (Å²) >= 11 is 5.36. The first-order valence-electron chi connectivity index (χ1n) is 4.95. The summed E-state index contributed by atoms with van der Waals surface area (Å²) in [7, 11) is 2.18. The highest BCUT2D eigenvalue weighted by atomic mass is 79.9. The van der Waals surface area contributed by atoms with Crippen LogP contribution >= 0.6 is 27.3 Å². The Kier molecular flexibility index (Phi) is 3.57. The first kappa shape index (κ1) is 10.6. The number of aromatic nitrogens is 1. The molecule has 0 radical (unpaired) electrons. The van der Waals surface area contributed by atoms with Gasteiger partial charge in [-0.1, -0.05) is 15.9 Å². The number of alkyl halides is 1. The van der Waals surface area contributed by atoms with Crippen molar-refractivity contribution in [3.05, 3.63) is 16.6 Å². The normalized spacial score (nSPS) is 26.5. The van der Waals surface area contributed by atoms with Crippen LogP contribution in [0.15, 0.2) is 11.6 Å². The maximum atomic E-state index is 4.29. The van der Waals surface area contributed by atoms with Crippen LogP contribution in [0.3, 0.4) is 0 Å². The van der Waals surface area contributed by atoms with Crippen LogP contribution in [-0.2, 0) is 6.54 Å². The Morgan fingerprint density at radius 1 is 1.64 bits per heavy atom. The molecule has 0 unspecified atom stereocenters. The second-order valence-corrected chi connectivity index (χ2v) is 6.33. The summed E-state index contributed by atoms with van der Waals surface area (Å²) in [5.41, 5.74) is 0. The first-order valence-corrected chi connectivity index (χ1v) is 6.74. The minimum atomic E-state index is 0.778. The van der Waals surface area contributed by atoms with E-state index in [-0.39, 0.29) is 0 Å². The molecule has 1 aliphatic carbocycles. The third-order valence-corrected chi connectivity index (χ3v) is 4.15. The Balaban J connectivity index is 1.71. The molecule has 0 aromatic carbocycles. The van der Waals surface area contributed by atoms with Crippen LogP contribution in [0.5, 0.6) is 0 Å². The van der Waals surface area contributed by atoms with Gasteiger partial charge in [0.05, 0.1) is 6.54 Å². The molecular formula is C10H15BrN2S. The van der Waals surface area contributed by atoms with Gasteiger partial charge >= 0.3 is 0 Å². The molecule has 1 saturated carbocycles. The lowest BCUT2D eigenvalue weighted by Crippen LogP contribution is -2.34. The van der Waals surface area contributed by atoms with Gasteiger partial charge in [-0.25, -0.2) is 4.98 Å². The van der Waals surface area contributed by atoms with E-state index in [1.54, 1.807) is 11.3 Å². The molecule has 1 fully saturated rings. The summed E-state index contributed by atoms with van der Waals surface area (Å²) in [5, 5.41) is 3.27. The molecule has 0 aliphatic heterocycles. The fourth-order valence-corrected chi connectivity index (χ4v) is 3.62. The van der Waals surface area contributed by atoms with Crippen molar-refractivity contribution in [1.82, 2.24) is 9.88 Å². The summed E-state index contributed by atoms with van der Waals surface area (Å²) < 4.78 is 0. The van der Waals surface area contributed by atoms with E-state index in [2.05, 4.69) is 32.9 Å². The van der Waals surface area contributed by atoms with Gasteiger partial charge in [0.15, 0.2) is 0 Å². The Labute approximate surface area is 97.5 Å². The summed E-state index contributed by atoms with van der Waals surface area (Å²) in [5.74, 6) is 0.893. The molecule has 0 saturated heterocycles. The van der Waals surface area contributed by atoms with Gasteiger partial charge in [-0.05, 0) is 25.8 Å². The van der Waals surface area contributed by atoms with Crippen molar-refractivity contribution in [1.29, 1.82) is 0 Å². The van der Waals surface area contributed by atoms with E-state index >= 15 is 0 Å². The van der Waals surface area contributed by atoms with Crippen LogP contribution in [0.25, 0.3) is 0 Å². The Bertz CT molecular complexity index is 270. The van der Waals surface area contributed by atoms with E-state index in [4.69, 9.17) is 0 Å². The quantitative estimate of drug-likeness (QED) is 0.785. The summed E-state index contributed by atoms with van der Waals surface area (Å²) in [6.07, 6.45) is 4.55. The maximum absolute atomic E-state index is 4.29. The second-order valence-electron chi connectivity index (χ2n) is 4.06. The number of rotatable bonds is 4. The summed E-state index contributed by atoms with van der Waals surface area (Å²) in [6.45, 7) is 2.21. The lowest BCUT2D eigenvalue weighted by Gasteiger charge is -2.34. The van der Waals surface area contributed by atoms with Crippen molar-refractivity contribution in [2.24, 2.45) is 5.92 Å². The molecule has 0 N–H and O–H groups in total. The predicted octanol–water partition coefficient (Wildman–Crippen LogP) is 2.75. The smallest absolute Gasteiger partial charge is 0.107 e. The monoisotopic (exact) mass is 274 g/mol. The first-order chi connectivity index (χ1) is 6.74. The zero-order valence-electron chi connectivity index (χ0n) is 8.32. The minimum absolute atomic E-state index is 0.778. The maximum Gasteiger partial charge on any atom is 0.107 e. The van der Waals surface area contributed by atoms with Gasteiger partial charge in [0, 0.05) is 22.9 Å². The van der Waals surface area contributed by atoms with Crippen LogP contribution in [0.4, 0.5) is 0 Å². The Morgan fingerprint density at radius 2 is 2.43 bits per heavy atom. The molecule has 0 spiro atoms. The average molecular weight is 275 g/mol. The largest absolute Gasteiger partial charge is 0.299 e. The summed E-state index contributed by atoms with van der Waals surface area (Å²) in [4.78, 5) is 7.45. The predicted molar refractivity (Wildman–Crippen MR) is 63.9 cm³/mol. The lowest BCUT2D eigenvalue weighted by molar-refractivity contribution is 0.208. The topological polar surface area (TPSA) is 16.1 Å². The number of halogens is 1. The highest BCUT2D eigenvalue weighted by molar-refractivity contribution is 9.09. The number of nitrogens with zero attached hydrogens (tertiary/aromatic N) is 2. The molecule has 14 heavy (non-hydrogen) atoms. The second kappa shape index (κ2) is 4.73. The third-order valence-electron chi connectivity index (χ3n) is 2.64. The molecule has 2 nitrogen and oxygen atoms in total. The average Bonchev–Trinajstić information content (AvgIpc) is 2.54. The van der Waals surface area contributed by atoms with E-state index in [1.165, 1.54) is 24.4 Å². The van der Waals surface area contributed by atoms with Crippen LogP contribution < -0.4 is 0 Å². The van der Waals surface area contributed by atoms with E-state index in [0.717, 1.165) is 17.3 Å². The lowest BCUT2D eigenvalue weighted by atomic mass is 9.85. The van der Waals surface area contributed by atoms with Crippen LogP contribution in [0.1, 0.15) is 17.8 Å². The minimum Gasteiger partial charge on any atom is -0.299 e. The van der Waals surface area contributed by atoms with Gasteiger partial charge in [-0.3, -0.25) is 4.90 Å². The highest BCUT2D eigenvalue weighted by Crippen LogP contribution is 2.33. The SMILES string of the molecule is CN(Cc1nccs1)CC1CC(Br)C1. The van der Waals surface area contributed by atoms with Gasteiger partial charge < -0.3 is 0 Å². The van der Waals surface area contributed by atoms with Gasteiger partial charge in [0.2, 0.25) is 0 Å². The Hall–Kier alpha value is 0.0700. The molecule has 0 bridgehead atoms. The van der Waals surface area contributed by atoms with E-state index in [0.29, 0.717) is 0 Å². The molecule has 78 valence electrons. The van der Waals surface area contributed by atoms with Crippen LogP contribution in [0, 0.1) is 5.92 Å². The van der Waals surface area contributed by atoms with Crippen LogP contribution in [-0.4, -0.2) is 28.3 Å². The number of thiazole rings is 1. The molecular weight excluding hydrogens is 260 g/mol. The van der Waals surface area contributed by atoms with E-state index in [1.807, 2.05) is 11.6 Å². The van der Waals surface area contributed by atoms with Gasteiger partial charge in [-0.2, -0.15) is 0 Å². The zero-order chi connectivity index (χ0) is 9.97. The molecule has 1 aromatic rings.